The Morgan fingerprint density at radius 1 is 1.19 bits per heavy atom. The summed E-state index contributed by atoms with van der Waals surface area (Å²) in [5.74, 6) is 1.06. The molecule has 0 unspecified atom stereocenters. The largest absolute Gasteiger partial charge is 0.346 e. The van der Waals surface area contributed by atoms with Crippen molar-refractivity contribution in [3.63, 3.8) is 0 Å². The van der Waals surface area contributed by atoms with Crippen molar-refractivity contribution in [3.8, 4) is 0 Å². The van der Waals surface area contributed by atoms with Crippen LogP contribution in [0.4, 0.5) is 0 Å². The molecule has 1 aliphatic rings. The lowest BCUT2D eigenvalue weighted by molar-refractivity contribution is 0.495. The maximum atomic E-state index is 5.53. The highest BCUT2D eigenvalue weighted by atomic mass is 32.1. The minimum atomic E-state index is 0.0197. The van der Waals surface area contributed by atoms with Gasteiger partial charge in [-0.2, -0.15) is 0 Å². The summed E-state index contributed by atoms with van der Waals surface area (Å²) in [7, 11) is 0. The van der Waals surface area contributed by atoms with Crippen LogP contribution in [0.1, 0.15) is 55.3 Å². The molecule has 0 spiro atoms. The summed E-state index contributed by atoms with van der Waals surface area (Å²) >= 11 is 5.53. The third-order valence-corrected chi connectivity index (χ3v) is 5.16. The van der Waals surface area contributed by atoms with Gasteiger partial charge in [0.2, 0.25) is 0 Å². The summed E-state index contributed by atoms with van der Waals surface area (Å²) in [6.07, 6.45) is 5.75. The van der Waals surface area contributed by atoms with Crippen molar-refractivity contribution < 1.29 is 0 Å². The first-order chi connectivity index (χ1) is 10.2. The second-order valence-electron chi connectivity index (χ2n) is 6.00. The van der Waals surface area contributed by atoms with Gasteiger partial charge in [-0.1, -0.05) is 62.3 Å². The fourth-order valence-corrected chi connectivity index (χ4v) is 4.04. The Morgan fingerprint density at radius 2 is 1.86 bits per heavy atom. The summed E-state index contributed by atoms with van der Waals surface area (Å²) in [5.41, 5.74) is 3.74. The Labute approximate surface area is 131 Å². The van der Waals surface area contributed by atoms with Crippen LogP contribution in [0, 0.1) is 11.6 Å². The van der Waals surface area contributed by atoms with Crippen molar-refractivity contribution in [1.29, 1.82) is 0 Å². The monoisotopic (exact) mass is 298 g/mol. The second kappa shape index (κ2) is 5.72. The van der Waals surface area contributed by atoms with E-state index in [9.17, 15) is 0 Å². The smallest absolute Gasteiger partial charge is 0.133 e. The lowest BCUT2D eigenvalue weighted by atomic mass is 9.78. The fraction of sp³-hybridized carbons (Fsp3) is 0.444. The summed E-state index contributed by atoms with van der Waals surface area (Å²) in [4.78, 5) is 8.37. The average molecular weight is 298 g/mol. The van der Waals surface area contributed by atoms with Crippen LogP contribution < -0.4 is 0 Å². The molecule has 0 amide bonds. The zero-order chi connectivity index (χ0) is 14.9. The number of aromatic amines is 1. The van der Waals surface area contributed by atoms with E-state index in [1.807, 2.05) is 0 Å². The lowest BCUT2D eigenvalue weighted by Gasteiger charge is -2.29. The summed E-state index contributed by atoms with van der Waals surface area (Å²) in [5, 5.41) is 0. The van der Waals surface area contributed by atoms with Crippen LogP contribution in [-0.4, -0.2) is 9.97 Å². The maximum Gasteiger partial charge on any atom is 0.133 e. The fourth-order valence-electron chi connectivity index (χ4n) is 3.65. The van der Waals surface area contributed by atoms with Gasteiger partial charge < -0.3 is 4.98 Å². The van der Waals surface area contributed by atoms with Crippen LogP contribution >= 0.6 is 12.2 Å². The van der Waals surface area contributed by atoms with E-state index in [-0.39, 0.29) is 5.41 Å². The van der Waals surface area contributed by atoms with Gasteiger partial charge in [0, 0.05) is 11.3 Å². The second-order valence-corrected chi connectivity index (χ2v) is 6.39. The number of nitrogens with one attached hydrogen (secondary N) is 1. The molecular weight excluding hydrogens is 276 g/mol. The molecule has 1 aliphatic carbocycles. The highest BCUT2D eigenvalue weighted by Gasteiger charge is 2.39. The molecule has 1 aromatic carbocycles. The Bertz CT molecular complexity index is 682. The Balaban J connectivity index is 2.18. The summed E-state index contributed by atoms with van der Waals surface area (Å²) < 4.78 is 0.769. The van der Waals surface area contributed by atoms with Crippen molar-refractivity contribution in [3.05, 3.63) is 57.6 Å². The molecule has 1 N–H and O–H groups in total. The molecule has 3 rings (SSSR count). The average Bonchev–Trinajstić information content (AvgIpc) is 2.98. The lowest BCUT2D eigenvalue weighted by Crippen LogP contribution is -2.27. The Kier molecular flexibility index (Phi) is 3.94. The molecule has 2 aromatic rings. The topological polar surface area (TPSA) is 28.7 Å². The number of benzene rings is 1. The number of hydrogen-bond donors (Lipinski definition) is 1. The Morgan fingerprint density at radius 3 is 2.43 bits per heavy atom. The van der Waals surface area contributed by atoms with E-state index in [4.69, 9.17) is 17.2 Å². The maximum absolute atomic E-state index is 5.53. The molecule has 0 aliphatic heterocycles. The van der Waals surface area contributed by atoms with Crippen molar-refractivity contribution >= 4 is 12.2 Å². The zero-order valence-corrected chi connectivity index (χ0v) is 13.6. The highest BCUT2D eigenvalue weighted by Crippen LogP contribution is 2.45. The molecular formula is C18H22N2S. The van der Waals surface area contributed by atoms with Gasteiger partial charge in [-0.15, -0.1) is 0 Å². The number of aromatic nitrogens is 2. The van der Waals surface area contributed by atoms with E-state index in [0.29, 0.717) is 0 Å². The molecule has 3 heteroatoms. The van der Waals surface area contributed by atoms with Crippen LogP contribution in [0.5, 0.6) is 0 Å². The highest BCUT2D eigenvalue weighted by molar-refractivity contribution is 7.71. The van der Waals surface area contributed by atoms with E-state index in [2.05, 4.69) is 49.2 Å². The van der Waals surface area contributed by atoms with Gasteiger partial charge in [0.15, 0.2) is 0 Å². The summed E-state index contributed by atoms with van der Waals surface area (Å²) in [6, 6.07) is 10.8. The number of nitrogens with zero attached hydrogens (tertiary/aromatic N) is 1. The molecule has 110 valence electrons. The van der Waals surface area contributed by atoms with E-state index in [1.165, 1.54) is 29.7 Å². The predicted octanol–water partition coefficient (Wildman–Crippen LogP) is 4.87. The first-order valence-corrected chi connectivity index (χ1v) is 8.24. The van der Waals surface area contributed by atoms with Crippen LogP contribution in [0.2, 0.25) is 0 Å². The van der Waals surface area contributed by atoms with Gasteiger partial charge in [0.1, 0.15) is 10.5 Å². The molecule has 2 nitrogen and oxygen atoms in total. The van der Waals surface area contributed by atoms with Crippen molar-refractivity contribution in [2.24, 2.45) is 0 Å². The third kappa shape index (κ3) is 2.44. The van der Waals surface area contributed by atoms with E-state index in [1.54, 1.807) is 0 Å². The van der Waals surface area contributed by atoms with Crippen LogP contribution in [0.25, 0.3) is 0 Å². The molecule has 0 atom stereocenters. The molecule has 0 saturated heterocycles. The van der Waals surface area contributed by atoms with Gasteiger partial charge in [0.05, 0.1) is 5.41 Å². The van der Waals surface area contributed by atoms with Gasteiger partial charge >= 0.3 is 0 Å². The molecule has 0 bridgehead atoms. The third-order valence-electron chi connectivity index (χ3n) is 4.82. The number of H-pyrrole nitrogens is 1. The van der Waals surface area contributed by atoms with Gasteiger partial charge in [-0.25, -0.2) is 4.98 Å². The van der Waals surface area contributed by atoms with Crippen LogP contribution in [0.3, 0.4) is 0 Å². The van der Waals surface area contributed by atoms with Gasteiger partial charge in [-0.3, -0.25) is 0 Å². The molecule has 21 heavy (non-hydrogen) atoms. The molecule has 1 fully saturated rings. The van der Waals surface area contributed by atoms with Crippen molar-refractivity contribution in [2.45, 2.75) is 51.4 Å². The summed E-state index contributed by atoms with van der Waals surface area (Å²) in [6.45, 7) is 4.25. The first-order valence-electron chi connectivity index (χ1n) is 7.83. The van der Waals surface area contributed by atoms with Crippen LogP contribution in [0.15, 0.2) is 30.3 Å². The predicted molar refractivity (Wildman–Crippen MR) is 89.2 cm³/mol. The number of hydrogen-bond acceptors (Lipinski definition) is 2. The van der Waals surface area contributed by atoms with Crippen LogP contribution in [-0.2, 0) is 11.8 Å². The zero-order valence-electron chi connectivity index (χ0n) is 12.8. The minimum absolute atomic E-state index is 0.0197. The number of rotatable bonds is 3. The van der Waals surface area contributed by atoms with Crippen molar-refractivity contribution in [1.82, 2.24) is 9.97 Å². The van der Waals surface area contributed by atoms with E-state index in [0.717, 1.165) is 29.7 Å². The molecule has 1 aromatic heterocycles. The van der Waals surface area contributed by atoms with Gasteiger partial charge in [0.25, 0.3) is 0 Å². The number of aryl methyl sites for hydroxylation is 1. The minimum Gasteiger partial charge on any atom is -0.346 e. The Hall–Kier alpha value is -1.48. The molecule has 0 radical (unpaired) electrons. The molecule has 1 saturated carbocycles. The molecule has 1 heterocycles. The SMILES string of the molecule is CCc1c(C)[nH]c(C2(c3ccccc3)CCCC2)nc1=S. The van der Waals surface area contributed by atoms with Crippen molar-refractivity contribution in [2.75, 3.05) is 0 Å². The van der Waals surface area contributed by atoms with E-state index < -0.39 is 0 Å². The van der Waals surface area contributed by atoms with Gasteiger partial charge in [-0.05, 0) is 31.7 Å². The first kappa shape index (κ1) is 14.5. The standard InChI is InChI=1S/C18H22N2S/c1-3-15-13(2)19-17(20-16(15)21)18(11-7-8-12-18)14-9-5-4-6-10-14/h4-6,9-10H,3,7-8,11-12H2,1-2H3,(H,19,20,21). The van der Waals surface area contributed by atoms with E-state index >= 15 is 0 Å². The normalized spacial score (nSPS) is 17.0. The quantitative estimate of drug-likeness (QED) is 0.819.